The second-order valence-electron chi connectivity index (χ2n) is 19.6. The first-order valence-electron chi connectivity index (χ1n) is 23.2. The Hall–Kier alpha value is -7.89. The zero-order valence-corrected chi connectivity index (χ0v) is 39.4. The molecule has 0 radical (unpaired) electrons. The zero-order valence-electron chi connectivity index (χ0n) is 39.4. The molecule has 2 aromatic heterocycles. The lowest BCUT2D eigenvalue weighted by Gasteiger charge is -2.27. The highest BCUT2D eigenvalue weighted by Gasteiger charge is 2.23. The van der Waals surface area contributed by atoms with Crippen molar-refractivity contribution in [3.63, 3.8) is 0 Å². The molecule has 67 heavy (non-hydrogen) atoms. The van der Waals surface area contributed by atoms with Gasteiger partial charge in [-0.3, -0.25) is 4.57 Å². The van der Waals surface area contributed by atoms with Crippen LogP contribution in [-0.4, -0.2) is 9.55 Å². The van der Waals surface area contributed by atoms with Crippen LogP contribution in [0, 0.1) is 6.92 Å². The Morgan fingerprint density at radius 1 is 0.448 bits per heavy atom. The number of rotatable bonds is 10. The summed E-state index contributed by atoms with van der Waals surface area (Å²) in [6.45, 7) is 15.9. The molecule has 5 heteroatoms. The highest BCUT2D eigenvalue weighted by atomic mass is 16.5. The SMILES string of the molecule is Cc1cc(-n2c3ccccc3c3ccc(Oc4cccc(Nc5ccccc5Nc5c(-c6ccccc6)cccc5-c5cc(C(C)(C)C)cc(C(C)(C)C)c5)c4)cc32)ncc1-c1ccccc1. The number of hydrogen-bond donors (Lipinski definition) is 2. The number of ether oxygens (including phenoxy) is 1. The molecule has 2 N–H and O–H groups in total. The molecule has 0 saturated carbocycles. The summed E-state index contributed by atoms with van der Waals surface area (Å²) in [6.07, 6.45) is 1.99. The molecular formula is C62H56N4O. The van der Waals surface area contributed by atoms with Gasteiger partial charge in [0.05, 0.1) is 28.1 Å². The van der Waals surface area contributed by atoms with E-state index >= 15 is 0 Å². The summed E-state index contributed by atoms with van der Waals surface area (Å²) in [7, 11) is 0. The molecule has 10 rings (SSSR count). The summed E-state index contributed by atoms with van der Waals surface area (Å²) in [6, 6.07) is 68.5. The summed E-state index contributed by atoms with van der Waals surface area (Å²) < 4.78 is 8.93. The molecule has 0 unspecified atom stereocenters. The highest BCUT2D eigenvalue weighted by molar-refractivity contribution is 6.09. The van der Waals surface area contributed by atoms with E-state index < -0.39 is 0 Å². The minimum atomic E-state index is -0.0191. The number of nitrogens with zero attached hydrogens (tertiary/aromatic N) is 2. The fourth-order valence-electron chi connectivity index (χ4n) is 9.04. The maximum absolute atomic E-state index is 6.69. The standard InChI is InChI=1S/C62H56N4O/c1-41-34-59(63-40-54(41)43-22-12-9-13-23-43)66-57-31-17-14-26-52(57)53-33-32-49(39-58(53)66)67-48-25-18-24-47(38-48)64-55-29-15-16-30-56(55)65-60-50(42-20-10-8-11-21-42)27-19-28-51(60)44-35-45(61(2,3)4)37-46(36-44)62(5,6)7/h8-40,64-65H,1-7H3. The topological polar surface area (TPSA) is 51.1 Å². The highest BCUT2D eigenvalue weighted by Crippen LogP contribution is 2.44. The van der Waals surface area contributed by atoms with Crippen LogP contribution in [0.1, 0.15) is 58.2 Å². The van der Waals surface area contributed by atoms with Crippen LogP contribution in [0.25, 0.3) is 61.0 Å². The maximum atomic E-state index is 6.69. The first kappa shape index (κ1) is 43.0. The fourth-order valence-corrected chi connectivity index (χ4v) is 9.04. The van der Waals surface area contributed by atoms with Crippen molar-refractivity contribution in [2.45, 2.75) is 59.3 Å². The molecule has 0 fully saturated rings. The van der Waals surface area contributed by atoms with Gasteiger partial charge in [0.2, 0.25) is 0 Å². The molecule has 10 aromatic rings. The van der Waals surface area contributed by atoms with E-state index in [2.05, 4.69) is 240 Å². The van der Waals surface area contributed by atoms with Crippen LogP contribution in [0.2, 0.25) is 0 Å². The van der Waals surface area contributed by atoms with E-state index in [1.54, 1.807) is 0 Å². The van der Waals surface area contributed by atoms with Crippen LogP contribution in [0.5, 0.6) is 11.5 Å². The maximum Gasteiger partial charge on any atom is 0.137 e. The molecule has 0 aliphatic carbocycles. The van der Waals surface area contributed by atoms with Gasteiger partial charge in [0.15, 0.2) is 0 Å². The summed E-state index contributed by atoms with van der Waals surface area (Å²) in [4.78, 5) is 5.03. The normalized spacial score (nSPS) is 11.8. The minimum Gasteiger partial charge on any atom is -0.457 e. The summed E-state index contributed by atoms with van der Waals surface area (Å²) in [5, 5.41) is 10.0. The number of fused-ring (bicyclic) bond motifs is 3. The quantitative estimate of drug-likeness (QED) is 0.144. The summed E-state index contributed by atoms with van der Waals surface area (Å²) in [5.41, 5.74) is 16.7. The lowest BCUT2D eigenvalue weighted by Crippen LogP contribution is -2.16. The monoisotopic (exact) mass is 872 g/mol. The second-order valence-corrected chi connectivity index (χ2v) is 19.6. The van der Waals surface area contributed by atoms with Crippen molar-refractivity contribution in [3.05, 3.63) is 217 Å². The van der Waals surface area contributed by atoms with E-state index in [4.69, 9.17) is 9.72 Å². The Morgan fingerprint density at radius 3 is 1.69 bits per heavy atom. The van der Waals surface area contributed by atoms with E-state index in [9.17, 15) is 0 Å². The van der Waals surface area contributed by atoms with Gasteiger partial charge in [0, 0.05) is 51.5 Å². The smallest absolute Gasteiger partial charge is 0.137 e. The van der Waals surface area contributed by atoms with Crippen LogP contribution in [0.4, 0.5) is 22.7 Å². The number of para-hydroxylation sites is 4. The summed E-state index contributed by atoms with van der Waals surface area (Å²) in [5.74, 6) is 2.33. The van der Waals surface area contributed by atoms with Crippen molar-refractivity contribution in [2.75, 3.05) is 10.6 Å². The van der Waals surface area contributed by atoms with E-state index in [0.717, 1.165) is 89.9 Å². The average molecular weight is 873 g/mol. The van der Waals surface area contributed by atoms with Crippen molar-refractivity contribution in [1.82, 2.24) is 9.55 Å². The zero-order chi connectivity index (χ0) is 46.3. The molecule has 0 aliphatic heterocycles. The molecule has 330 valence electrons. The number of nitrogens with one attached hydrogen (secondary N) is 2. The Balaban J connectivity index is 0.983. The van der Waals surface area contributed by atoms with Gasteiger partial charge in [0.25, 0.3) is 0 Å². The molecule has 5 nitrogen and oxygen atoms in total. The van der Waals surface area contributed by atoms with E-state index in [1.807, 2.05) is 24.4 Å². The van der Waals surface area contributed by atoms with Crippen LogP contribution >= 0.6 is 0 Å². The second kappa shape index (κ2) is 17.5. The number of anilines is 4. The van der Waals surface area contributed by atoms with Crippen LogP contribution < -0.4 is 15.4 Å². The van der Waals surface area contributed by atoms with Gasteiger partial charge in [-0.05, 0) is 99.7 Å². The molecule has 8 aromatic carbocycles. The molecule has 2 heterocycles. The predicted octanol–water partition coefficient (Wildman–Crippen LogP) is 17.4. The van der Waals surface area contributed by atoms with Gasteiger partial charge in [-0.25, -0.2) is 4.98 Å². The number of hydrogen-bond acceptors (Lipinski definition) is 4. The van der Waals surface area contributed by atoms with Gasteiger partial charge < -0.3 is 15.4 Å². The van der Waals surface area contributed by atoms with Gasteiger partial charge in [-0.15, -0.1) is 0 Å². The Morgan fingerprint density at radius 2 is 1.01 bits per heavy atom. The molecule has 0 saturated heterocycles. The third-order valence-corrected chi connectivity index (χ3v) is 12.7. The number of aryl methyl sites for hydroxylation is 1. The third-order valence-electron chi connectivity index (χ3n) is 12.7. The van der Waals surface area contributed by atoms with E-state index in [0.29, 0.717) is 0 Å². The van der Waals surface area contributed by atoms with Crippen LogP contribution in [0.15, 0.2) is 200 Å². The van der Waals surface area contributed by atoms with Crippen molar-refractivity contribution in [3.8, 4) is 50.7 Å². The Kier molecular flexibility index (Phi) is 11.2. The van der Waals surface area contributed by atoms with Crippen molar-refractivity contribution >= 4 is 44.6 Å². The lowest BCUT2D eigenvalue weighted by molar-refractivity contribution is 0.483. The Labute approximate surface area is 394 Å². The molecular weight excluding hydrogens is 817 g/mol. The van der Waals surface area contributed by atoms with E-state index in [1.165, 1.54) is 22.1 Å². The van der Waals surface area contributed by atoms with Crippen molar-refractivity contribution in [2.24, 2.45) is 0 Å². The lowest BCUT2D eigenvalue weighted by atomic mass is 9.78. The van der Waals surface area contributed by atoms with Crippen molar-refractivity contribution in [1.29, 1.82) is 0 Å². The number of aromatic nitrogens is 2. The summed E-state index contributed by atoms with van der Waals surface area (Å²) >= 11 is 0. The average Bonchev–Trinajstić information content (AvgIpc) is 3.65. The predicted molar refractivity (Wildman–Crippen MR) is 283 cm³/mol. The Bertz CT molecular complexity index is 3380. The van der Waals surface area contributed by atoms with Crippen LogP contribution in [-0.2, 0) is 10.8 Å². The van der Waals surface area contributed by atoms with E-state index in [-0.39, 0.29) is 10.8 Å². The van der Waals surface area contributed by atoms with Crippen LogP contribution in [0.3, 0.4) is 0 Å². The number of pyridine rings is 1. The van der Waals surface area contributed by atoms with Gasteiger partial charge in [-0.1, -0.05) is 175 Å². The molecule has 0 atom stereocenters. The van der Waals surface area contributed by atoms with Gasteiger partial charge in [-0.2, -0.15) is 0 Å². The molecule has 0 amide bonds. The third kappa shape index (κ3) is 8.81. The first-order valence-corrected chi connectivity index (χ1v) is 23.2. The molecule has 0 bridgehead atoms. The van der Waals surface area contributed by atoms with Crippen molar-refractivity contribution < 1.29 is 4.74 Å². The minimum absolute atomic E-state index is 0.0191. The fraction of sp³-hybridized carbons (Fsp3) is 0.145. The number of benzene rings is 8. The largest absolute Gasteiger partial charge is 0.457 e. The van der Waals surface area contributed by atoms with Gasteiger partial charge in [0.1, 0.15) is 17.3 Å². The molecule has 0 aliphatic rings. The van der Waals surface area contributed by atoms with Gasteiger partial charge >= 0.3 is 0 Å². The molecule has 0 spiro atoms. The first-order chi connectivity index (χ1) is 32.4.